The first-order valence-electron chi connectivity index (χ1n) is 12.2. The van der Waals surface area contributed by atoms with E-state index >= 15 is 0 Å². The molecule has 0 aliphatic rings. The van der Waals surface area contributed by atoms with E-state index in [0.717, 1.165) is 24.4 Å². The molecule has 35 heavy (non-hydrogen) atoms. The Morgan fingerprint density at radius 2 is 1.63 bits per heavy atom. The van der Waals surface area contributed by atoms with Crippen molar-refractivity contribution < 1.29 is 0 Å². The molecule has 5 nitrogen and oxygen atoms in total. The van der Waals surface area contributed by atoms with Gasteiger partial charge in [-0.3, -0.25) is 14.3 Å². The standard InChI is InChI=1S/C29H33ClN4O/c1-21(2)26(19-33(20-31)16-15-22-9-5-3-6-10-22)28-32-27-17-24(30)13-14-25(27)29(35)34(28)18-23-11-7-4-8-12-23/h3-14,17,21,26H,15-16,18-20,31H2,1-2H3. The summed E-state index contributed by atoms with van der Waals surface area (Å²) in [5.74, 6) is 1.06. The minimum absolute atomic E-state index is 0.0223. The average molecular weight is 489 g/mol. The maximum absolute atomic E-state index is 13.7. The molecule has 182 valence electrons. The number of halogens is 1. The van der Waals surface area contributed by atoms with E-state index in [1.807, 2.05) is 41.0 Å². The van der Waals surface area contributed by atoms with Crippen molar-refractivity contribution in [3.05, 3.63) is 111 Å². The summed E-state index contributed by atoms with van der Waals surface area (Å²) in [7, 11) is 0. The number of nitrogens with two attached hydrogens (primary N) is 1. The Kier molecular flexibility index (Phi) is 8.34. The van der Waals surface area contributed by atoms with Gasteiger partial charge < -0.3 is 5.73 Å². The van der Waals surface area contributed by atoms with Gasteiger partial charge in [0.2, 0.25) is 0 Å². The lowest BCUT2D eigenvalue weighted by molar-refractivity contribution is 0.237. The Hall–Kier alpha value is -2.99. The van der Waals surface area contributed by atoms with Gasteiger partial charge in [0.05, 0.1) is 17.4 Å². The van der Waals surface area contributed by atoms with Crippen molar-refractivity contribution in [2.24, 2.45) is 11.7 Å². The van der Waals surface area contributed by atoms with E-state index in [1.54, 1.807) is 18.2 Å². The third-order valence-corrected chi connectivity index (χ3v) is 6.77. The van der Waals surface area contributed by atoms with Crippen LogP contribution >= 0.6 is 11.6 Å². The van der Waals surface area contributed by atoms with Gasteiger partial charge in [-0.25, -0.2) is 4.98 Å². The second kappa shape index (κ2) is 11.6. The third-order valence-electron chi connectivity index (χ3n) is 6.54. The largest absolute Gasteiger partial charge is 0.318 e. The minimum atomic E-state index is -0.0419. The van der Waals surface area contributed by atoms with E-state index < -0.39 is 0 Å². The Bertz CT molecular complexity index is 1310. The van der Waals surface area contributed by atoms with Gasteiger partial charge in [0.1, 0.15) is 5.82 Å². The second-order valence-electron chi connectivity index (χ2n) is 9.35. The van der Waals surface area contributed by atoms with E-state index in [1.165, 1.54) is 5.56 Å². The van der Waals surface area contributed by atoms with E-state index in [2.05, 4.69) is 43.0 Å². The lowest BCUT2D eigenvalue weighted by atomic mass is 9.93. The first-order chi connectivity index (χ1) is 17.0. The molecule has 0 amide bonds. The summed E-state index contributed by atoms with van der Waals surface area (Å²) in [5.41, 5.74) is 9.13. The summed E-state index contributed by atoms with van der Waals surface area (Å²) in [4.78, 5) is 21.0. The predicted molar refractivity (Wildman–Crippen MR) is 145 cm³/mol. The number of aromatic nitrogens is 2. The van der Waals surface area contributed by atoms with Crippen LogP contribution in [0.3, 0.4) is 0 Å². The summed E-state index contributed by atoms with van der Waals surface area (Å²) < 4.78 is 1.84. The van der Waals surface area contributed by atoms with Crippen molar-refractivity contribution in [3.63, 3.8) is 0 Å². The number of benzene rings is 3. The molecule has 4 aromatic rings. The number of rotatable bonds is 10. The highest BCUT2D eigenvalue weighted by Gasteiger charge is 2.25. The van der Waals surface area contributed by atoms with Gasteiger partial charge in [-0.15, -0.1) is 0 Å². The fraction of sp³-hybridized carbons (Fsp3) is 0.310. The Labute approximate surface area is 212 Å². The zero-order valence-corrected chi connectivity index (χ0v) is 21.2. The normalized spacial score (nSPS) is 12.5. The molecule has 0 aliphatic carbocycles. The van der Waals surface area contributed by atoms with Gasteiger partial charge in [0.25, 0.3) is 5.56 Å². The van der Waals surface area contributed by atoms with Crippen molar-refractivity contribution in [1.29, 1.82) is 0 Å². The van der Waals surface area contributed by atoms with Gasteiger partial charge >= 0.3 is 0 Å². The maximum Gasteiger partial charge on any atom is 0.261 e. The maximum atomic E-state index is 13.7. The molecular weight excluding hydrogens is 456 g/mol. The summed E-state index contributed by atoms with van der Waals surface area (Å²) in [6, 6.07) is 25.8. The van der Waals surface area contributed by atoms with Crippen LogP contribution in [0.2, 0.25) is 5.02 Å². The highest BCUT2D eigenvalue weighted by molar-refractivity contribution is 6.31. The molecule has 0 fully saturated rings. The molecule has 1 heterocycles. The summed E-state index contributed by atoms with van der Waals surface area (Å²) in [5, 5.41) is 1.15. The van der Waals surface area contributed by atoms with Crippen LogP contribution in [-0.2, 0) is 13.0 Å². The van der Waals surface area contributed by atoms with E-state index in [4.69, 9.17) is 22.3 Å². The Morgan fingerprint density at radius 1 is 0.971 bits per heavy atom. The summed E-state index contributed by atoms with van der Waals surface area (Å²) in [6.45, 7) is 6.82. The van der Waals surface area contributed by atoms with Crippen molar-refractivity contribution >= 4 is 22.5 Å². The fourth-order valence-corrected chi connectivity index (χ4v) is 4.64. The molecule has 3 aromatic carbocycles. The van der Waals surface area contributed by atoms with Gasteiger partial charge in [0.15, 0.2) is 0 Å². The summed E-state index contributed by atoms with van der Waals surface area (Å²) >= 11 is 6.27. The van der Waals surface area contributed by atoms with Crippen LogP contribution in [0.25, 0.3) is 10.9 Å². The van der Waals surface area contributed by atoms with Gasteiger partial charge in [0, 0.05) is 30.7 Å². The number of hydrogen-bond donors (Lipinski definition) is 1. The molecule has 0 bridgehead atoms. The highest BCUT2D eigenvalue weighted by atomic mass is 35.5. The Balaban J connectivity index is 1.72. The van der Waals surface area contributed by atoms with Crippen LogP contribution in [0.1, 0.15) is 36.7 Å². The van der Waals surface area contributed by atoms with Crippen LogP contribution in [0.5, 0.6) is 0 Å². The van der Waals surface area contributed by atoms with Gasteiger partial charge in [-0.1, -0.05) is 86.1 Å². The van der Waals surface area contributed by atoms with Crippen LogP contribution in [0.4, 0.5) is 0 Å². The first kappa shape index (κ1) is 25.1. The lowest BCUT2D eigenvalue weighted by Crippen LogP contribution is -2.39. The fourth-order valence-electron chi connectivity index (χ4n) is 4.47. The van der Waals surface area contributed by atoms with E-state index in [-0.39, 0.29) is 17.4 Å². The quantitative estimate of drug-likeness (QED) is 0.308. The molecule has 1 aromatic heterocycles. The lowest BCUT2D eigenvalue weighted by Gasteiger charge is -2.30. The number of hydrogen-bond acceptors (Lipinski definition) is 4. The predicted octanol–water partition coefficient (Wildman–Crippen LogP) is 5.30. The number of nitrogens with zero attached hydrogens (tertiary/aromatic N) is 3. The Morgan fingerprint density at radius 3 is 2.26 bits per heavy atom. The molecule has 0 aliphatic heterocycles. The monoisotopic (exact) mass is 488 g/mol. The highest BCUT2D eigenvalue weighted by Crippen LogP contribution is 2.26. The van der Waals surface area contributed by atoms with Crippen LogP contribution in [0.15, 0.2) is 83.7 Å². The second-order valence-corrected chi connectivity index (χ2v) is 9.79. The average Bonchev–Trinajstić information content (AvgIpc) is 2.87. The van der Waals surface area contributed by atoms with Crippen molar-refractivity contribution in [2.45, 2.75) is 32.7 Å². The molecular formula is C29H33ClN4O. The van der Waals surface area contributed by atoms with E-state index in [0.29, 0.717) is 35.7 Å². The van der Waals surface area contributed by atoms with E-state index in [9.17, 15) is 4.79 Å². The van der Waals surface area contributed by atoms with Crippen molar-refractivity contribution in [2.75, 3.05) is 19.8 Å². The van der Waals surface area contributed by atoms with Gasteiger partial charge in [-0.05, 0) is 41.7 Å². The SMILES string of the molecule is CC(C)C(CN(CN)CCc1ccccc1)c1nc2cc(Cl)ccc2c(=O)n1Cc1ccccc1. The molecule has 1 unspecified atom stereocenters. The molecule has 0 radical (unpaired) electrons. The molecule has 4 rings (SSSR count). The van der Waals surface area contributed by atoms with Crippen LogP contribution in [0, 0.1) is 5.92 Å². The zero-order valence-electron chi connectivity index (χ0n) is 20.4. The smallest absolute Gasteiger partial charge is 0.261 e. The molecule has 1 atom stereocenters. The first-order valence-corrected chi connectivity index (χ1v) is 12.5. The molecule has 6 heteroatoms. The zero-order chi connectivity index (χ0) is 24.8. The molecule has 0 saturated heterocycles. The third kappa shape index (κ3) is 6.17. The van der Waals surface area contributed by atoms with Crippen LogP contribution in [-0.4, -0.2) is 34.2 Å². The van der Waals surface area contributed by atoms with Crippen LogP contribution < -0.4 is 11.3 Å². The topological polar surface area (TPSA) is 64.2 Å². The molecule has 2 N–H and O–H groups in total. The van der Waals surface area contributed by atoms with Crippen molar-refractivity contribution in [1.82, 2.24) is 14.5 Å². The summed E-state index contributed by atoms with van der Waals surface area (Å²) in [6.07, 6.45) is 0.917. The molecule has 0 saturated carbocycles. The van der Waals surface area contributed by atoms with Crippen molar-refractivity contribution in [3.8, 4) is 0 Å². The molecule has 0 spiro atoms. The number of fused-ring (bicyclic) bond motifs is 1. The van der Waals surface area contributed by atoms with Gasteiger partial charge in [-0.2, -0.15) is 0 Å². The minimum Gasteiger partial charge on any atom is -0.318 e.